The molecular weight excluding hydrogens is 396 g/mol. The minimum absolute atomic E-state index is 0.0206. The van der Waals surface area contributed by atoms with Crippen LogP contribution in [0.3, 0.4) is 0 Å². The molecule has 2 aromatic rings. The number of fused-ring (bicyclic) bond motifs is 1. The number of ether oxygens (including phenoxy) is 2. The zero-order chi connectivity index (χ0) is 20.4. The van der Waals surface area contributed by atoms with E-state index in [0.717, 1.165) is 0 Å². The number of carbonyl (C=O) groups is 1. The van der Waals surface area contributed by atoms with Gasteiger partial charge in [-0.1, -0.05) is 0 Å². The largest absolute Gasteiger partial charge is 0.486 e. The highest BCUT2D eigenvalue weighted by Crippen LogP contribution is 2.33. The molecule has 0 spiro atoms. The highest BCUT2D eigenvalue weighted by atomic mass is 32.2. The monoisotopic (exact) mass is 420 g/mol. The lowest BCUT2D eigenvalue weighted by molar-refractivity contribution is -0.120. The summed E-state index contributed by atoms with van der Waals surface area (Å²) in [5.41, 5.74) is 0.598. The van der Waals surface area contributed by atoms with E-state index >= 15 is 0 Å². The number of amides is 1. The van der Waals surface area contributed by atoms with E-state index in [1.165, 1.54) is 16.8 Å². The number of anilines is 1. The first-order valence-electron chi connectivity index (χ1n) is 9.70. The van der Waals surface area contributed by atoms with Crippen LogP contribution in [0, 0.1) is 5.92 Å². The number of rotatable bonds is 5. The quantitative estimate of drug-likeness (QED) is 0.790. The maximum Gasteiger partial charge on any atom is 0.262 e. The van der Waals surface area contributed by atoms with E-state index in [-0.39, 0.29) is 17.5 Å². The third-order valence-corrected chi connectivity index (χ3v) is 6.89. The predicted molar refractivity (Wildman–Crippen MR) is 105 cm³/mol. The van der Waals surface area contributed by atoms with Crippen molar-refractivity contribution in [3.63, 3.8) is 0 Å². The number of piperidine rings is 1. The number of sulfonamides is 1. The van der Waals surface area contributed by atoms with Gasteiger partial charge in [-0.25, -0.2) is 13.4 Å². The van der Waals surface area contributed by atoms with Crippen molar-refractivity contribution >= 4 is 21.6 Å². The van der Waals surface area contributed by atoms with Crippen molar-refractivity contribution in [3.05, 3.63) is 30.7 Å². The number of aryl methyl sites for hydroxylation is 1. The SMILES string of the molecule is CCn1cnc(S(=O)(=O)N2CCCC(C(=O)Nc3ccc4c(c3)OCCO4)C2)c1. The fraction of sp³-hybridized carbons (Fsp3) is 0.474. The molecular formula is C19H24N4O5S. The molecule has 0 aliphatic carbocycles. The molecule has 0 saturated carbocycles. The molecule has 1 aromatic carbocycles. The second kappa shape index (κ2) is 8.03. The van der Waals surface area contributed by atoms with Gasteiger partial charge in [0.15, 0.2) is 16.5 Å². The molecule has 1 N–H and O–H groups in total. The lowest BCUT2D eigenvalue weighted by Gasteiger charge is -2.30. The number of imidazole rings is 1. The average molecular weight is 420 g/mol. The average Bonchev–Trinajstić information content (AvgIpc) is 3.24. The maximum absolute atomic E-state index is 12.9. The van der Waals surface area contributed by atoms with Gasteiger partial charge < -0.3 is 19.4 Å². The molecule has 9 nitrogen and oxygen atoms in total. The fourth-order valence-electron chi connectivity index (χ4n) is 3.52. The Bertz CT molecular complexity index is 1000. The number of aromatic nitrogens is 2. The van der Waals surface area contributed by atoms with E-state index < -0.39 is 15.9 Å². The first-order chi connectivity index (χ1) is 14.0. The zero-order valence-electron chi connectivity index (χ0n) is 16.2. The Morgan fingerprint density at radius 2 is 2.07 bits per heavy atom. The molecule has 29 heavy (non-hydrogen) atoms. The van der Waals surface area contributed by atoms with Crippen LogP contribution in [-0.2, 0) is 21.4 Å². The van der Waals surface area contributed by atoms with E-state index in [1.54, 1.807) is 22.8 Å². The van der Waals surface area contributed by atoms with Crippen LogP contribution in [0.4, 0.5) is 5.69 Å². The highest BCUT2D eigenvalue weighted by Gasteiger charge is 2.34. The van der Waals surface area contributed by atoms with Crippen molar-refractivity contribution in [1.82, 2.24) is 13.9 Å². The molecule has 1 saturated heterocycles. The van der Waals surface area contributed by atoms with Crippen molar-refractivity contribution in [2.24, 2.45) is 5.92 Å². The molecule has 4 rings (SSSR count). The number of carbonyl (C=O) groups excluding carboxylic acids is 1. The summed E-state index contributed by atoms with van der Waals surface area (Å²) in [6.07, 6.45) is 4.27. The topological polar surface area (TPSA) is 103 Å². The van der Waals surface area contributed by atoms with Gasteiger partial charge in [0.05, 0.1) is 12.2 Å². The summed E-state index contributed by atoms with van der Waals surface area (Å²) in [5, 5.41) is 2.89. The lowest BCUT2D eigenvalue weighted by Crippen LogP contribution is -2.43. The molecule has 2 aliphatic heterocycles. The summed E-state index contributed by atoms with van der Waals surface area (Å²) in [6.45, 7) is 4.04. The Morgan fingerprint density at radius 1 is 1.28 bits per heavy atom. The zero-order valence-corrected chi connectivity index (χ0v) is 17.0. The van der Waals surface area contributed by atoms with Crippen LogP contribution < -0.4 is 14.8 Å². The van der Waals surface area contributed by atoms with Gasteiger partial charge in [-0.15, -0.1) is 0 Å². The van der Waals surface area contributed by atoms with Crippen LogP contribution in [0.25, 0.3) is 0 Å². The molecule has 1 fully saturated rings. The van der Waals surface area contributed by atoms with Crippen molar-refractivity contribution in [3.8, 4) is 11.5 Å². The van der Waals surface area contributed by atoms with Gasteiger partial charge >= 0.3 is 0 Å². The smallest absolute Gasteiger partial charge is 0.262 e. The highest BCUT2D eigenvalue weighted by molar-refractivity contribution is 7.89. The van der Waals surface area contributed by atoms with E-state index in [0.29, 0.717) is 56.3 Å². The number of hydrogen-bond donors (Lipinski definition) is 1. The Morgan fingerprint density at radius 3 is 2.83 bits per heavy atom. The van der Waals surface area contributed by atoms with Crippen molar-refractivity contribution in [2.75, 3.05) is 31.6 Å². The minimum Gasteiger partial charge on any atom is -0.486 e. The fourth-order valence-corrected chi connectivity index (χ4v) is 4.98. The molecule has 1 unspecified atom stereocenters. The predicted octanol–water partition coefficient (Wildman–Crippen LogP) is 1.71. The van der Waals surface area contributed by atoms with Crippen molar-refractivity contribution < 1.29 is 22.7 Å². The van der Waals surface area contributed by atoms with Crippen LogP contribution in [0.1, 0.15) is 19.8 Å². The molecule has 3 heterocycles. The normalized spacial score (nSPS) is 19.7. The molecule has 156 valence electrons. The Kier molecular flexibility index (Phi) is 5.46. The van der Waals surface area contributed by atoms with Crippen LogP contribution in [0.5, 0.6) is 11.5 Å². The van der Waals surface area contributed by atoms with Gasteiger partial charge in [0.2, 0.25) is 5.91 Å². The maximum atomic E-state index is 12.9. The van der Waals surface area contributed by atoms with Gasteiger partial charge in [-0.05, 0) is 31.9 Å². The van der Waals surface area contributed by atoms with E-state index in [2.05, 4.69) is 10.3 Å². The summed E-state index contributed by atoms with van der Waals surface area (Å²) in [5.74, 6) is 0.602. The molecule has 0 radical (unpaired) electrons. The third kappa shape index (κ3) is 4.08. The van der Waals surface area contributed by atoms with Gasteiger partial charge in [0, 0.05) is 37.6 Å². The van der Waals surface area contributed by atoms with Crippen molar-refractivity contribution in [1.29, 1.82) is 0 Å². The number of nitrogens with zero attached hydrogens (tertiary/aromatic N) is 3. The molecule has 10 heteroatoms. The summed E-state index contributed by atoms with van der Waals surface area (Å²) >= 11 is 0. The van der Waals surface area contributed by atoms with E-state index in [1.807, 2.05) is 6.92 Å². The van der Waals surface area contributed by atoms with Crippen LogP contribution in [-0.4, -0.2) is 54.5 Å². The van der Waals surface area contributed by atoms with Gasteiger partial charge in [0.1, 0.15) is 13.2 Å². The molecule has 0 bridgehead atoms. The number of nitrogens with one attached hydrogen (secondary N) is 1. The summed E-state index contributed by atoms with van der Waals surface area (Å²) in [7, 11) is -3.72. The first kappa shape index (κ1) is 19.7. The molecule has 1 atom stereocenters. The molecule has 1 amide bonds. The minimum atomic E-state index is -3.72. The summed E-state index contributed by atoms with van der Waals surface area (Å²) in [4.78, 5) is 16.8. The second-order valence-electron chi connectivity index (χ2n) is 7.09. The second-order valence-corrected chi connectivity index (χ2v) is 8.98. The van der Waals surface area contributed by atoms with Crippen LogP contribution >= 0.6 is 0 Å². The van der Waals surface area contributed by atoms with E-state index in [4.69, 9.17) is 9.47 Å². The Hall–Kier alpha value is -2.59. The van der Waals surface area contributed by atoms with Crippen LogP contribution in [0.15, 0.2) is 35.7 Å². The molecule has 2 aliphatic rings. The van der Waals surface area contributed by atoms with Gasteiger partial charge in [-0.3, -0.25) is 4.79 Å². The Labute approximate surface area is 169 Å². The number of benzene rings is 1. The van der Waals surface area contributed by atoms with E-state index in [9.17, 15) is 13.2 Å². The van der Waals surface area contributed by atoms with Gasteiger partial charge in [0.25, 0.3) is 10.0 Å². The first-order valence-corrected chi connectivity index (χ1v) is 11.1. The van der Waals surface area contributed by atoms with Crippen molar-refractivity contribution in [2.45, 2.75) is 31.3 Å². The number of hydrogen-bond acceptors (Lipinski definition) is 6. The van der Waals surface area contributed by atoms with Crippen LogP contribution in [0.2, 0.25) is 0 Å². The summed E-state index contributed by atoms with van der Waals surface area (Å²) in [6, 6.07) is 5.23. The molecule has 1 aromatic heterocycles. The Balaban J connectivity index is 1.44. The standard InChI is InChI=1S/C19H24N4O5S/c1-2-22-12-18(20-13-22)29(25,26)23-7-3-4-14(11-23)19(24)21-15-5-6-16-17(10-15)28-9-8-27-16/h5-6,10,12-14H,2-4,7-9,11H2,1H3,(H,21,24). The lowest BCUT2D eigenvalue weighted by atomic mass is 9.98. The van der Waals surface area contributed by atoms with Gasteiger partial charge in [-0.2, -0.15) is 4.31 Å². The summed E-state index contributed by atoms with van der Waals surface area (Å²) < 4.78 is 39.9. The third-order valence-electron chi connectivity index (χ3n) is 5.14.